The van der Waals surface area contributed by atoms with Gasteiger partial charge in [-0.15, -0.1) is 0 Å². The summed E-state index contributed by atoms with van der Waals surface area (Å²) in [6, 6.07) is 5.46. The quantitative estimate of drug-likeness (QED) is 0.806. The Balaban J connectivity index is 2.91. The number of benzene rings is 1. The van der Waals surface area contributed by atoms with Gasteiger partial charge in [0.05, 0.1) is 12.6 Å². The molecule has 1 atom stereocenters. The normalized spacial score (nSPS) is 11.6. The van der Waals surface area contributed by atoms with Gasteiger partial charge in [0.1, 0.15) is 5.75 Å². The summed E-state index contributed by atoms with van der Waals surface area (Å²) in [7, 11) is 1.42. The van der Waals surface area contributed by atoms with Gasteiger partial charge in [0.25, 0.3) is 0 Å². The molecule has 104 valence electrons. The third-order valence-electron chi connectivity index (χ3n) is 2.71. The van der Waals surface area contributed by atoms with E-state index < -0.39 is 11.8 Å². The molecule has 0 saturated heterocycles. The van der Waals surface area contributed by atoms with Gasteiger partial charge >= 0.3 is 11.8 Å². The highest BCUT2D eigenvalue weighted by molar-refractivity contribution is 6.35. The van der Waals surface area contributed by atoms with Crippen LogP contribution < -0.4 is 15.4 Å². The van der Waals surface area contributed by atoms with Gasteiger partial charge in [-0.25, -0.2) is 0 Å². The molecule has 1 aromatic rings. The zero-order chi connectivity index (χ0) is 14.4. The molecule has 0 aromatic heterocycles. The van der Waals surface area contributed by atoms with E-state index in [0.29, 0.717) is 6.61 Å². The number of ether oxygens (including phenoxy) is 1. The van der Waals surface area contributed by atoms with Crippen molar-refractivity contribution in [2.45, 2.75) is 26.8 Å². The SMILES string of the molecule is CCOc1ccc(C)cc1C(C)NC(=O)C(=O)NC. The van der Waals surface area contributed by atoms with Gasteiger partial charge in [0, 0.05) is 12.6 Å². The van der Waals surface area contributed by atoms with Crippen LogP contribution in [0, 0.1) is 6.92 Å². The molecule has 5 heteroatoms. The molecule has 1 aromatic carbocycles. The molecule has 0 aliphatic carbocycles. The average Bonchev–Trinajstić information content (AvgIpc) is 2.39. The Morgan fingerprint density at radius 1 is 1.32 bits per heavy atom. The second kappa shape index (κ2) is 6.78. The number of likely N-dealkylation sites (N-methyl/N-ethyl adjacent to an activating group) is 1. The second-order valence-electron chi connectivity index (χ2n) is 4.25. The lowest BCUT2D eigenvalue weighted by molar-refractivity contribution is -0.139. The van der Waals surface area contributed by atoms with Crippen molar-refractivity contribution in [3.05, 3.63) is 29.3 Å². The van der Waals surface area contributed by atoms with Gasteiger partial charge in [-0.3, -0.25) is 9.59 Å². The Kier molecular flexibility index (Phi) is 5.36. The second-order valence-corrected chi connectivity index (χ2v) is 4.25. The summed E-state index contributed by atoms with van der Waals surface area (Å²) >= 11 is 0. The summed E-state index contributed by atoms with van der Waals surface area (Å²) in [4.78, 5) is 22.7. The van der Waals surface area contributed by atoms with E-state index >= 15 is 0 Å². The number of hydrogen-bond donors (Lipinski definition) is 2. The maximum absolute atomic E-state index is 11.5. The fourth-order valence-corrected chi connectivity index (χ4v) is 1.75. The smallest absolute Gasteiger partial charge is 0.309 e. The lowest BCUT2D eigenvalue weighted by Crippen LogP contribution is -2.39. The monoisotopic (exact) mass is 264 g/mol. The number of aryl methyl sites for hydroxylation is 1. The van der Waals surface area contributed by atoms with Crippen molar-refractivity contribution >= 4 is 11.8 Å². The number of hydrogen-bond acceptors (Lipinski definition) is 3. The van der Waals surface area contributed by atoms with Gasteiger partial charge in [0.15, 0.2) is 0 Å². The summed E-state index contributed by atoms with van der Waals surface area (Å²) < 4.78 is 5.53. The van der Waals surface area contributed by atoms with E-state index in [0.717, 1.165) is 16.9 Å². The van der Waals surface area contributed by atoms with Crippen molar-refractivity contribution in [2.75, 3.05) is 13.7 Å². The molecular formula is C14H20N2O3. The van der Waals surface area contributed by atoms with Crippen LogP contribution in [0.4, 0.5) is 0 Å². The molecule has 0 radical (unpaired) electrons. The topological polar surface area (TPSA) is 67.4 Å². The number of nitrogens with one attached hydrogen (secondary N) is 2. The fraction of sp³-hybridized carbons (Fsp3) is 0.429. The van der Waals surface area contributed by atoms with E-state index in [1.54, 1.807) is 0 Å². The van der Waals surface area contributed by atoms with Crippen LogP contribution in [0.3, 0.4) is 0 Å². The van der Waals surface area contributed by atoms with Crippen molar-refractivity contribution in [3.8, 4) is 5.75 Å². The van der Waals surface area contributed by atoms with Crippen LogP contribution in [-0.4, -0.2) is 25.5 Å². The largest absolute Gasteiger partial charge is 0.494 e. The summed E-state index contributed by atoms with van der Waals surface area (Å²) in [5.41, 5.74) is 1.93. The van der Waals surface area contributed by atoms with Crippen molar-refractivity contribution in [1.82, 2.24) is 10.6 Å². The van der Waals surface area contributed by atoms with Gasteiger partial charge < -0.3 is 15.4 Å². The van der Waals surface area contributed by atoms with Crippen molar-refractivity contribution < 1.29 is 14.3 Å². The van der Waals surface area contributed by atoms with Gasteiger partial charge in [0.2, 0.25) is 0 Å². The standard InChI is InChI=1S/C14H20N2O3/c1-5-19-12-7-6-9(2)8-11(12)10(3)16-14(18)13(17)15-4/h6-8,10H,5H2,1-4H3,(H,15,17)(H,16,18). The van der Waals surface area contributed by atoms with Crippen molar-refractivity contribution in [2.24, 2.45) is 0 Å². The minimum absolute atomic E-state index is 0.300. The third kappa shape index (κ3) is 3.98. The Hall–Kier alpha value is -2.04. The van der Waals surface area contributed by atoms with Crippen LogP contribution in [0.25, 0.3) is 0 Å². The number of rotatable bonds is 4. The first-order valence-electron chi connectivity index (χ1n) is 6.25. The highest BCUT2D eigenvalue weighted by Gasteiger charge is 2.18. The molecule has 5 nitrogen and oxygen atoms in total. The maximum atomic E-state index is 11.5. The van der Waals surface area contributed by atoms with Crippen LogP contribution in [0.2, 0.25) is 0 Å². The molecule has 0 aliphatic rings. The van der Waals surface area contributed by atoms with E-state index in [1.165, 1.54) is 7.05 Å². The Labute approximate surface area is 113 Å². The van der Waals surface area contributed by atoms with Crippen LogP contribution in [0.1, 0.15) is 31.0 Å². The van der Waals surface area contributed by atoms with E-state index in [4.69, 9.17) is 4.74 Å². The van der Waals surface area contributed by atoms with Crippen molar-refractivity contribution in [3.63, 3.8) is 0 Å². The van der Waals surface area contributed by atoms with E-state index in [2.05, 4.69) is 10.6 Å². The van der Waals surface area contributed by atoms with E-state index in [9.17, 15) is 9.59 Å². The van der Waals surface area contributed by atoms with Crippen LogP contribution in [0.5, 0.6) is 5.75 Å². The maximum Gasteiger partial charge on any atom is 0.309 e. The van der Waals surface area contributed by atoms with Crippen LogP contribution >= 0.6 is 0 Å². The molecule has 0 bridgehead atoms. The molecule has 0 aliphatic heterocycles. The molecule has 0 saturated carbocycles. The molecule has 0 fully saturated rings. The minimum Gasteiger partial charge on any atom is -0.494 e. The molecule has 0 heterocycles. The molecule has 2 amide bonds. The average molecular weight is 264 g/mol. The first-order chi connectivity index (χ1) is 8.99. The Morgan fingerprint density at radius 3 is 2.58 bits per heavy atom. The lowest BCUT2D eigenvalue weighted by Gasteiger charge is -2.18. The van der Waals surface area contributed by atoms with E-state index in [-0.39, 0.29) is 6.04 Å². The lowest BCUT2D eigenvalue weighted by atomic mass is 10.0. The molecule has 1 rings (SSSR count). The zero-order valence-electron chi connectivity index (χ0n) is 11.7. The predicted molar refractivity (Wildman–Crippen MR) is 73.0 cm³/mol. The van der Waals surface area contributed by atoms with Crippen molar-refractivity contribution in [1.29, 1.82) is 0 Å². The summed E-state index contributed by atoms with van der Waals surface area (Å²) in [5.74, 6) is -0.589. The van der Waals surface area contributed by atoms with Gasteiger partial charge in [-0.2, -0.15) is 0 Å². The number of carbonyl (C=O) groups is 2. The molecule has 1 unspecified atom stereocenters. The number of amides is 2. The predicted octanol–water partition coefficient (Wildman–Crippen LogP) is 1.32. The molecule has 2 N–H and O–H groups in total. The van der Waals surface area contributed by atoms with E-state index in [1.807, 2.05) is 39.0 Å². The highest BCUT2D eigenvalue weighted by Crippen LogP contribution is 2.26. The summed E-state index contributed by atoms with van der Waals surface area (Å²) in [6.07, 6.45) is 0. The Bertz CT molecular complexity index is 472. The molecule has 0 spiro atoms. The first-order valence-corrected chi connectivity index (χ1v) is 6.25. The highest BCUT2D eigenvalue weighted by atomic mass is 16.5. The summed E-state index contributed by atoms with van der Waals surface area (Å²) in [5, 5.41) is 4.93. The summed E-state index contributed by atoms with van der Waals surface area (Å²) in [6.45, 7) is 6.23. The van der Waals surface area contributed by atoms with Gasteiger partial charge in [-0.05, 0) is 26.8 Å². The van der Waals surface area contributed by atoms with Crippen LogP contribution in [-0.2, 0) is 9.59 Å². The number of carbonyl (C=O) groups excluding carboxylic acids is 2. The minimum atomic E-state index is -0.655. The van der Waals surface area contributed by atoms with Gasteiger partial charge in [-0.1, -0.05) is 17.7 Å². The van der Waals surface area contributed by atoms with Crippen LogP contribution in [0.15, 0.2) is 18.2 Å². The Morgan fingerprint density at radius 2 is 2.00 bits per heavy atom. The zero-order valence-corrected chi connectivity index (χ0v) is 11.7. The fourth-order valence-electron chi connectivity index (χ4n) is 1.75. The first kappa shape index (κ1) is 15.0. The third-order valence-corrected chi connectivity index (χ3v) is 2.71. The molecule has 19 heavy (non-hydrogen) atoms. The molecular weight excluding hydrogens is 244 g/mol.